The Balaban J connectivity index is 1.13. The minimum Gasteiger partial charge on any atom is -0.508 e. The van der Waals surface area contributed by atoms with E-state index in [4.69, 9.17) is 24.4 Å². The van der Waals surface area contributed by atoms with Crippen LogP contribution in [0, 0.1) is 11.8 Å². The quantitative estimate of drug-likeness (QED) is 0.0827. The molecule has 0 bridgehead atoms. The summed E-state index contributed by atoms with van der Waals surface area (Å²) in [6, 6.07) is 19.8. The molecular weight excluding hydrogens is 863 g/mol. The summed E-state index contributed by atoms with van der Waals surface area (Å²) < 4.78 is 23.9. The minimum atomic E-state index is -2.67. The monoisotopic (exact) mass is 911 g/mol. The summed E-state index contributed by atoms with van der Waals surface area (Å²) in [7, 11) is 2.84. The summed E-state index contributed by atoms with van der Waals surface area (Å²) in [5.74, 6) is -2.67. The predicted molar refractivity (Wildman–Crippen MR) is 243 cm³/mol. The molecule has 10 atom stereocenters. The number of hydrogen-bond donors (Lipinski definition) is 8. The second-order valence-electron chi connectivity index (χ2n) is 16.4. The van der Waals surface area contributed by atoms with E-state index in [0.717, 1.165) is 11.1 Å². The molecule has 9 N–H and O–H groups in total. The lowest BCUT2D eigenvalue weighted by Gasteiger charge is -2.50. The number of amides is 1. The number of allylic oxidation sites excluding steroid dienone is 4. The first-order valence-corrected chi connectivity index (χ1v) is 23.3. The molecule has 3 aromatic carbocycles. The Hall–Kier alpha value is -5.37. The van der Waals surface area contributed by atoms with Gasteiger partial charge < -0.3 is 54.9 Å². The van der Waals surface area contributed by atoms with Gasteiger partial charge in [0.1, 0.15) is 41.5 Å². The number of nitrogens with two attached hydrogens (primary N) is 1. The number of rotatable bonds is 9. The zero-order valence-corrected chi connectivity index (χ0v) is 36.5. The highest BCUT2D eigenvalue weighted by Gasteiger charge is 2.63. The summed E-state index contributed by atoms with van der Waals surface area (Å²) in [4.78, 5) is 42.1. The fourth-order valence-corrected chi connectivity index (χ4v) is 10.9. The van der Waals surface area contributed by atoms with E-state index in [1.165, 1.54) is 75.2 Å². The number of carbonyl (C=O) groups excluding carboxylic acids is 1. The Morgan fingerprint density at radius 1 is 1.08 bits per heavy atom. The number of primary amides is 1. The maximum Gasteiger partial charge on any atom is 0.335 e. The smallest absolute Gasteiger partial charge is 0.335 e. The Kier molecular flexibility index (Phi) is 13.4. The highest BCUT2D eigenvalue weighted by Crippen LogP contribution is 2.43. The van der Waals surface area contributed by atoms with Crippen LogP contribution in [0.3, 0.4) is 0 Å². The summed E-state index contributed by atoms with van der Waals surface area (Å²) in [5.41, 5.74) is 6.96. The van der Waals surface area contributed by atoms with Crippen molar-refractivity contribution in [3.63, 3.8) is 0 Å². The third-order valence-corrected chi connectivity index (χ3v) is 14.5. The van der Waals surface area contributed by atoms with Crippen molar-refractivity contribution in [2.75, 3.05) is 18.2 Å². The van der Waals surface area contributed by atoms with Crippen molar-refractivity contribution in [3.8, 4) is 22.6 Å². The molecule has 15 nitrogen and oxygen atoms in total. The normalized spacial score (nSPS) is 28.6. The number of aliphatic carboxylic acids is 1. The van der Waals surface area contributed by atoms with Gasteiger partial charge in [0, 0.05) is 30.8 Å². The van der Waals surface area contributed by atoms with Crippen LogP contribution in [0.1, 0.15) is 59.3 Å². The SMILES string of the molecule is C[C@@H]1C=C/C(=C\C[C@@H](C)[C@@H]2CN[C@H](O)[C@]3(O)[C@H](Oc4ccc5c(=O)c(-c6ccc(O)cc6)c(C(N)=O)oc5c4)O[C@H](C(=O)O)[C@@H](O)[C@@H]3OCSSC[C@H]2c2cc[nH]c2)c2ccccc21. The van der Waals surface area contributed by atoms with Crippen LogP contribution < -0.4 is 21.2 Å². The van der Waals surface area contributed by atoms with Crippen LogP contribution in [-0.2, 0) is 14.3 Å². The molecule has 0 saturated carbocycles. The summed E-state index contributed by atoms with van der Waals surface area (Å²) in [5, 5.41) is 59.4. The number of aliphatic hydroxyl groups is 3. The fourth-order valence-electron chi connectivity index (χ4n) is 8.87. The first-order valence-electron chi connectivity index (χ1n) is 20.8. The number of aromatic hydroxyl groups is 1. The fraction of sp³-hybridized carbons (Fsp3) is 0.340. The molecule has 0 unspecified atom stereocenters. The highest BCUT2D eigenvalue weighted by atomic mass is 33.1. The maximum atomic E-state index is 13.8. The van der Waals surface area contributed by atoms with Crippen LogP contribution in [0.2, 0.25) is 0 Å². The van der Waals surface area contributed by atoms with Gasteiger partial charge in [-0.2, -0.15) is 0 Å². The number of carboxylic acid groups (broad SMARTS) is 1. The predicted octanol–water partition coefficient (Wildman–Crippen LogP) is 5.70. The average Bonchev–Trinajstić information content (AvgIpc) is 3.82. The number of ether oxygens (including phenoxy) is 3. The molecule has 8 rings (SSSR count). The van der Waals surface area contributed by atoms with Gasteiger partial charge in [-0.25, -0.2) is 4.79 Å². The first-order chi connectivity index (χ1) is 30.8. The molecule has 1 aliphatic carbocycles. The lowest BCUT2D eigenvalue weighted by molar-refractivity contribution is -0.342. The van der Waals surface area contributed by atoms with Crippen LogP contribution in [0.15, 0.2) is 113 Å². The number of hydrogen-bond acceptors (Lipinski definition) is 14. The second kappa shape index (κ2) is 19.0. The number of aromatic amines is 1. The molecule has 3 aliphatic rings. The van der Waals surface area contributed by atoms with E-state index in [9.17, 15) is 39.9 Å². The Morgan fingerprint density at radius 2 is 1.86 bits per heavy atom. The third kappa shape index (κ3) is 8.86. The molecular formula is C47H49N3O12S2. The molecule has 2 fully saturated rings. The lowest BCUT2D eigenvalue weighted by atomic mass is 9.77. The summed E-state index contributed by atoms with van der Waals surface area (Å²) >= 11 is 0. The number of phenolic OH excluding ortho intramolecular Hbond substituents is 1. The first kappa shape index (κ1) is 45.2. The molecule has 2 aromatic heterocycles. The van der Waals surface area contributed by atoms with E-state index in [2.05, 4.69) is 54.5 Å². The van der Waals surface area contributed by atoms with Crippen LogP contribution in [0.4, 0.5) is 0 Å². The van der Waals surface area contributed by atoms with Crippen molar-refractivity contribution >= 4 is 50.0 Å². The van der Waals surface area contributed by atoms with Crippen molar-refractivity contribution in [1.29, 1.82) is 0 Å². The largest absolute Gasteiger partial charge is 0.508 e. The van der Waals surface area contributed by atoms with Gasteiger partial charge in [-0.05, 0) is 88.3 Å². The minimum absolute atomic E-state index is 0.0111. The van der Waals surface area contributed by atoms with Crippen LogP contribution in [0.25, 0.3) is 27.7 Å². The summed E-state index contributed by atoms with van der Waals surface area (Å²) in [6.07, 6.45) is 1.41. The molecule has 0 radical (unpaired) electrons. The Morgan fingerprint density at radius 3 is 2.59 bits per heavy atom. The van der Waals surface area contributed by atoms with Crippen LogP contribution >= 0.6 is 21.6 Å². The molecule has 1 amide bonds. The van der Waals surface area contributed by atoms with Crippen molar-refractivity contribution in [2.45, 2.75) is 68.5 Å². The van der Waals surface area contributed by atoms with Gasteiger partial charge in [0.15, 0.2) is 11.7 Å². The van der Waals surface area contributed by atoms with Gasteiger partial charge in [0.2, 0.25) is 17.5 Å². The van der Waals surface area contributed by atoms with Gasteiger partial charge in [0.25, 0.3) is 5.91 Å². The van der Waals surface area contributed by atoms with E-state index in [-0.39, 0.29) is 69.8 Å². The van der Waals surface area contributed by atoms with Crippen molar-refractivity contribution in [1.82, 2.24) is 10.3 Å². The second-order valence-corrected chi connectivity index (χ2v) is 18.8. The molecule has 4 heterocycles. The number of carbonyl (C=O) groups is 2. The van der Waals surface area contributed by atoms with Gasteiger partial charge in [-0.15, -0.1) is 0 Å². The van der Waals surface area contributed by atoms with E-state index in [1.54, 1.807) is 0 Å². The van der Waals surface area contributed by atoms with Crippen molar-refractivity contribution in [3.05, 3.63) is 136 Å². The number of phenols is 1. The van der Waals surface area contributed by atoms with Gasteiger partial charge >= 0.3 is 5.97 Å². The molecule has 64 heavy (non-hydrogen) atoms. The third-order valence-electron chi connectivity index (χ3n) is 12.4. The number of nitrogens with one attached hydrogen (secondary N) is 2. The molecule has 2 saturated heterocycles. The van der Waals surface area contributed by atoms with Crippen molar-refractivity contribution in [2.24, 2.45) is 17.6 Å². The van der Waals surface area contributed by atoms with E-state index in [1.807, 2.05) is 30.6 Å². The molecule has 0 spiro atoms. The zero-order chi connectivity index (χ0) is 45.3. The lowest BCUT2D eigenvalue weighted by Crippen LogP contribution is -2.75. The summed E-state index contributed by atoms with van der Waals surface area (Å²) in [6.45, 7) is 4.47. The topological polar surface area (TPSA) is 247 Å². The highest BCUT2D eigenvalue weighted by molar-refractivity contribution is 8.76. The van der Waals surface area contributed by atoms with Gasteiger partial charge in [-0.1, -0.05) is 90.1 Å². The number of benzene rings is 3. The van der Waals surface area contributed by atoms with Gasteiger partial charge in [-0.3, -0.25) is 14.9 Å². The number of H-pyrrole nitrogens is 1. The van der Waals surface area contributed by atoms with E-state index >= 15 is 0 Å². The number of carboxylic acids is 1. The van der Waals surface area contributed by atoms with Crippen LogP contribution in [-0.4, -0.2) is 97.1 Å². The van der Waals surface area contributed by atoms with E-state index < -0.39 is 59.5 Å². The standard InChI is InChI=1S/C47H49N3O12S2/c1-24-7-9-26(32-6-4-3-5-31(24)32)10-8-25(2)34-21-50-45(57)47(58)42(59-23-64-63-22-35(34)28-17-18-49-20-28)39(53)41(44(55)56)62-46(47)60-30-15-16-33-36(19-30)61-40(43(48)54)37(38(33)52)27-11-13-29(51)14-12-27/h3-7,9-20,24-25,34-35,39,41-42,45-46,49-51,53,57-58H,8,21-23H2,1-2H3,(H2,48,54)(H,55,56)/b26-10+/t24-,25-,34+,35+,39-,41+,42+,45-,46-,47+/m1/s1. The molecule has 336 valence electrons. The van der Waals surface area contributed by atoms with E-state index in [0.29, 0.717) is 12.2 Å². The number of fused-ring (bicyclic) bond motifs is 3. The number of aliphatic hydroxyl groups excluding tert-OH is 2. The zero-order valence-electron chi connectivity index (χ0n) is 34.8. The average molecular weight is 912 g/mol. The maximum absolute atomic E-state index is 13.8. The van der Waals surface area contributed by atoms with Crippen LogP contribution in [0.5, 0.6) is 11.5 Å². The van der Waals surface area contributed by atoms with Gasteiger partial charge in [0.05, 0.1) is 10.9 Å². The molecule has 2 aliphatic heterocycles. The molecule has 17 heteroatoms. The number of aromatic nitrogens is 1. The molecule has 5 aromatic rings. The Labute approximate surface area is 375 Å². The van der Waals surface area contributed by atoms with Crippen molar-refractivity contribution < 1.29 is 53.7 Å². The Bertz CT molecular complexity index is 2620.